The first-order valence-electron chi connectivity index (χ1n) is 7.18. The van der Waals surface area contributed by atoms with Crippen molar-refractivity contribution in [1.82, 2.24) is 5.32 Å². The zero-order chi connectivity index (χ0) is 19.6. The van der Waals surface area contributed by atoms with Crippen LogP contribution in [0.25, 0.3) is 0 Å². The number of halogens is 2. The molecule has 0 saturated carbocycles. The molecule has 2 aromatic carbocycles. The van der Waals surface area contributed by atoms with Crippen molar-refractivity contribution in [2.45, 2.75) is 4.90 Å². The molecular formula is C15H11Cl2N3O5S2. The van der Waals surface area contributed by atoms with Gasteiger partial charge in [0, 0.05) is 18.0 Å². The summed E-state index contributed by atoms with van der Waals surface area (Å²) in [5, 5.41) is 3.05. The second kappa shape index (κ2) is 7.85. The van der Waals surface area contributed by atoms with Crippen LogP contribution in [0, 0.1) is 0 Å². The summed E-state index contributed by atoms with van der Waals surface area (Å²) in [5.74, 6) is 0.0764. The van der Waals surface area contributed by atoms with Gasteiger partial charge >= 0.3 is 16.2 Å². The van der Waals surface area contributed by atoms with Crippen LogP contribution in [0.15, 0.2) is 46.3 Å². The smallest absolute Gasteiger partial charge is 0.412 e. The predicted octanol–water partition coefficient (Wildman–Crippen LogP) is 4.18. The first kappa shape index (κ1) is 19.6. The molecule has 3 rings (SSSR count). The highest BCUT2D eigenvalue weighted by Crippen LogP contribution is 2.36. The molecule has 1 aliphatic heterocycles. The highest BCUT2D eigenvalue weighted by molar-refractivity contribution is 8.15. The molecule has 2 aromatic rings. The quantitative estimate of drug-likeness (QED) is 0.536. The van der Waals surface area contributed by atoms with Crippen LogP contribution in [-0.2, 0) is 14.9 Å². The number of nitrogens with zero attached hydrogens (tertiary/aromatic N) is 1. The number of fused-ring (bicyclic) bond motifs is 1. The van der Waals surface area contributed by atoms with Gasteiger partial charge in [0.05, 0.1) is 28.5 Å². The van der Waals surface area contributed by atoms with E-state index in [0.29, 0.717) is 11.4 Å². The molecule has 8 nitrogen and oxygen atoms in total. The number of amides is 1. The minimum Gasteiger partial charge on any atom is -0.453 e. The molecule has 0 radical (unpaired) electrons. The SMILES string of the molecule is COC(=O)NC1=Nc2ccc(OS(=O)(=O)c3ccc(Cl)c(Cl)c3)cc2NS1. The number of anilines is 1. The van der Waals surface area contributed by atoms with E-state index in [-0.39, 0.29) is 25.9 Å². The molecule has 0 unspecified atom stereocenters. The number of alkyl carbamates (subject to hydrolysis) is 1. The standard InChI is InChI=1S/C15H11Cl2N3O5S2/c1-24-15(21)19-14-18-12-5-2-8(6-13(12)20-26-14)25-27(22,23)9-3-4-10(16)11(17)7-9/h2-7,20H,1H3,(H,18,19,21). The van der Waals surface area contributed by atoms with E-state index in [1.807, 2.05) is 0 Å². The van der Waals surface area contributed by atoms with E-state index in [9.17, 15) is 13.2 Å². The summed E-state index contributed by atoms with van der Waals surface area (Å²) in [7, 11) is -2.86. The Balaban J connectivity index is 1.82. The first-order chi connectivity index (χ1) is 12.8. The first-order valence-corrected chi connectivity index (χ1v) is 10.2. The second-order valence-electron chi connectivity index (χ2n) is 5.03. The third-order valence-electron chi connectivity index (χ3n) is 3.23. The molecule has 0 fully saturated rings. The van der Waals surface area contributed by atoms with Crippen LogP contribution >= 0.6 is 35.1 Å². The lowest BCUT2D eigenvalue weighted by Crippen LogP contribution is -2.29. The number of hydrogen-bond donors (Lipinski definition) is 2. The number of nitrogens with one attached hydrogen (secondary N) is 2. The predicted molar refractivity (Wildman–Crippen MR) is 105 cm³/mol. The summed E-state index contributed by atoms with van der Waals surface area (Å²) in [6.07, 6.45) is -0.654. The van der Waals surface area contributed by atoms with Gasteiger partial charge in [-0.2, -0.15) is 8.42 Å². The van der Waals surface area contributed by atoms with Crippen molar-refractivity contribution in [3.8, 4) is 5.75 Å². The van der Waals surface area contributed by atoms with Gasteiger partial charge in [-0.15, -0.1) is 0 Å². The van der Waals surface area contributed by atoms with Crippen LogP contribution in [0.5, 0.6) is 5.75 Å². The Hall–Kier alpha value is -2.14. The summed E-state index contributed by atoms with van der Waals surface area (Å²) in [6, 6.07) is 8.32. The molecular weight excluding hydrogens is 437 g/mol. The van der Waals surface area contributed by atoms with Gasteiger partial charge in [-0.05, 0) is 30.3 Å². The lowest BCUT2D eigenvalue weighted by Gasteiger charge is -2.17. The van der Waals surface area contributed by atoms with Crippen molar-refractivity contribution in [1.29, 1.82) is 0 Å². The summed E-state index contributed by atoms with van der Waals surface area (Å²) in [4.78, 5) is 15.3. The Bertz CT molecular complexity index is 1040. The van der Waals surface area contributed by atoms with Gasteiger partial charge in [0.15, 0.2) is 5.17 Å². The van der Waals surface area contributed by atoms with Crippen LogP contribution < -0.4 is 14.2 Å². The molecule has 27 heavy (non-hydrogen) atoms. The number of amidine groups is 1. The number of carbonyl (C=O) groups excluding carboxylic acids is 1. The number of hydrogen-bond acceptors (Lipinski definition) is 8. The van der Waals surface area contributed by atoms with Gasteiger partial charge in [-0.25, -0.2) is 9.79 Å². The monoisotopic (exact) mass is 447 g/mol. The third-order valence-corrected chi connectivity index (χ3v) is 5.92. The molecule has 0 aromatic heterocycles. The van der Waals surface area contributed by atoms with E-state index in [0.717, 1.165) is 11.9 Å². The van der Waals surface area contributed by atoms with E-state index in [1.165, 1.54) is 37.4 Å². The highest BCUT2D eigenvalue weighted by Gasteiger charge is 2.20. The minimum atomic E-state index is -4.10. The molecule has 0 spiro atoms. The van der Waals surface area contributed by atoms with Crippen molar-refractivity contribution < 1.29 is 22.1 Å². The molecule has 1 aliphatic rings. The molecule has 0 bridgehead atoms. The summed E-state index contributed by atoms with van der Waals surface area (Å²) in [6.45, 7) is 0. The molecule has 1 amide bonds. The van der Waals surface area contributed by atoms with Gasteiger partial charge < -0.3 is 13.6 Å². The Morgan fingerprint density at radius 3 is 2.67 bits per heavy atom. The maximum absolute atomic E-state index is 12.4. The number of ether oxygens (including phenoxy) is 1. The Morgan fingerprint density at radius 1 is 1.19 bits per heavy atom. The zero-order valence-electron chi connectivity index (χ0n) is 13.5. The van der Waals surface area contributed by atoms with Gasteiger partial charge in [0.25, 0.3) is 0 Å². The summed E-state index contributed by atoms with van der Waals surface area (Å²) in [5.41, 5.74) is 0.997. The van der Waals surface area contributed by atoms with Crippen LogP contribution in [0.1, 0.15) is 0 Å². The van der Waals surface area contributed by atoms with E-state index in [2.05, 4.69) is 19.8 Å². The number of methoxy groups -OCH3 is 1. The van der Waals surface area contributed by atoms with E-state index in [4.69, 9.17) is 27.4 Å². The molecule has 2 N–H and O–H groups in total. The lowest BCUT2D eigenvalue weighted by molar-refractivity contribution is 0.177. The van der Waals surface area contributed by atoms with Gasteiger partial charge in [0.1, 0.15) is 10.6 Å². The van der Waals surface area contributed by atoms with E-state index >= 15 is 0 Å². The molecule has 1 heterocycles. The maximum atomic E-state index is 12.4. The average Bonchev–Trinajstić information content (AvgIpc) is 2.63. The Kier molecular flexibility index (Phi) is 5.70. The van der Waals surface area contributed by atoms with Crippen LogP contribution in [0.3, 0.4) is 0 Å². The molecule has 12 heteroatoms. The van der Waals surface area contributed by atoms with Gasteiger partial charge in [-0.3, -0.25) is 5.32 Å². The van der Waals surface area contributed by atoms with Gasteiger partial charge in [0.2, 0.25) is 0 Å². The fourth-order valence-electron chi connectivity index (χ4n) is 1.98. The van der Waals surface area contributed by atoms with Crippen molar-refractivity contribution in [3.63, 3.8) is 0 Å². The molecule has 0 aliphatic carbocycles. The molecule has 0 saturated heterocycles. The summed E-state index contributed by atoms with van der Waals surface area (Å²) >= 11 is 12.7. The van der Waals surface area contributed by atoms with Crippen LogP contribution in [-0.4, -0.2) is 26.8 Å². The molecule has 142 valence electrons. The maximum Gasteiger partial charge on any atom is 0.412 e. The summed E-state index contributed by atoms with van der Waals surface area (Å²) < 4.78 is 37.4. The Labute approximate surface area is 169 Å². The van der Waals surface area contributed by atoms with E-state index in [1.54, 1.807) is 6.07 Å². The number of aliphatic imine (C=N–C) groups is 1. The van der Waals surface area contributed by atoms with Crippen molar-refractivity contribution in [2.75, 3.05) is 11.8 Å². The topological polar surface area (TPSA) is 106 Å². The van der Waals surface area contributed by atoms with Crippen molar-refractivity contribution >= 4 is 67.9 Å². The normalized spacial score (nSPS) is 13.1. The van der Waals surface area contributed by atoms with E-state index < -0.39 is 16.2 Å². The van der Waals surface area contributed by atoms with Gasteiger partial charge in [-0.1, -0.05) is 23.2 Å². The fourth-order valence-corrected chi connectivity index (χ4v) is 3.94. The highest BCUT2D eigenvalue weighted by atomic mass is 35.5. The number of benzene rings is 2. The molecule has 0 atom stereocenters. The van der Waals surface area contributed by atoms with Crippen LogP contribution in [0.2, 0.25) is 10.0 Å². The average molecular weight is 448 g/mol. The lowest BCUT2D eigenvalue weighted by atomic mass is 10.2. The number of rotatable bonds is 3. The largest absolute Gasteiger partial charge is 0.453 e. The number of carbonyl (C=O) groups is 1. The third kappa shape index (κ3) is 4.59. The fraction of sp³-hybridized carbons (Fsp3) is 0.0667. The second-order valence-corrected chi connectivity index (χ2v) is 8.19. The minimum absolute atomic E-state index is 0.0764. The van der Waals surface area contributed by atoms with Crippen LogP contribution in [0.4, 0.5) is 16.2 Å². The Morgan fingerprint density at radius 2 is 1.96 bits per heavy atom. The zero-order valence-corrected chi connectivity index (χ0v) is 16.7. The van der Waals surface area contributed by atoms with Crippen molar-refractivity contribution in [2.24, 2.45) is 4.99 Å². The van der Waals surface area contributed by atoms with Crippen molar-refractivity contribution in [3.05, 3.63) is 46.4 Å².